The third-order valence-electron chi connectivity index (χ3n) is 6.79. The van der Waals surface area contributed by atoms with E-state index in [1.54, 1.807) is 11.6 Å². The molecule has 10 heteroatoms. The molecule has 1 saturated heterocycles. The van der Waals surface area contributed by atoms with Gasteiger partial charge in [-0.1, -0.05) is 13.8 Å². The highest BCUT2D eigenvalue weighted by Crippen LogP contribution is 2.30. The van der Waals surface area contributed by atoms with Crippen LogP contribution in [0.25, 0.3) is 22.4 Å². The largest absolute Gasteiger partial charge is 0.492 e. The van der Waals surface area contributed by atoms with E-state index in [0.717, 1.165) is 55.0 Å². The number of carboxylic acid groups (broad SMARTS) is 1. The zero-order chi connectivity index (χ0) is 25.8. The Bertz CT molecular complexity index is 1250. The lowest BCUT2D eigenvalue weighted by molar-refractivity contribution is -0.140. The fourth-order valence-corrected chi connectivity index (χ4v) is 4.78. The number of benzene rings is 1. The molecule has 0 spiro atoms. The summed E-state index contributed by atoms with van der Waals surface area (Å²) in [5.74, 6) is 1.14. The number of imidazole rings is 1. The Morgan fingerprint density at radius 1 is 1.27 bits per heavy atom. The van der Waals surface area contributed by atoms with Gasteiger partial charge >= 0.3 is 5.97 Å². The molecule has 202 valence electrons. The van der Waals surface area contributed by atoms with Crippen molar-refractivity contribution in [3.63, 3.8) is 0 Å². The number of fused-ring (bicyclic) bond motifs is 1. The maximum atomic E-state index is 12.3. The second-order valence-electron chi connectivity index (χ2n) is 9.94. The summed E-state index contributed by atoms with van der Waals surface area (Å²) in [5, 5.41) is 12.4. The lowest BCUT2D eigenvalue weighted by Gasteiger charge is -2.23. The number of carbonyl (C=O) groups is 1. The van der Waals surface area contributed by atoms with E-state index in [1.165, 1.54) is 0 Å². The molecule has 2 N–H and O–H groups in total. The standard InChI is InChI=1S/C27H36N4O5.ClH/c1-17(2)24(27(33)34)28-9-12-36-21-5-6-22-23(14-21)31(15-19-7-10-35-11-8-19)25(29-22)20-13-18(3)26(32)30(4)16-20;/h5-6,13-14,16-17,19,24,28H,7-12,15H2,1-4H3,(H,33,34);1H. The molecule has 1 atom stereocenters. The summed E-state index contributed by atoms with van der Waals surface area (Å²) in [7, 11) is 1.76. The van der Waals surface area contributed by atoms with Crippen LogP contribution in [0, 0.1) is 18.8 Å². The van der Waals surface area contributed by atoms with Crippen LogP contribution in [0.4, 0.5) is 0 Å². The summed E-state index contributed by atoms with van der Waals surface area (Å²) in [6, 6.07) is 7.13. The Balaban J connectivity index is 0.00000380. The minimum atomic E-state index is -0.857. The highest BCUT2D eigenvalue weighted by atomic mass is 35.5. The first-order valence-electron chi connectivity index (χ1n) is 12.6. The number of aryl methyl sites for hydroxylation is 2. The van der Waals surface area contributed by atoms with Crippen molar-refractivity contribution in [3.05, 3.63) is 46.4 Å². The van der Waals surface area contributed by atoms with E-state index in [0.29, 0.717) is 30.4 Å². The van der Waals surface area contributed by atoms with Gasteiger partial charge in [0.2, 0.25) is 0 Å². The molecule has 0 aliphatic carbocycles. The first-order valence-corrected chi connectivity index (χ1v) is 12.6. The van der Waals surface area contributed by atoms with Crippen LogP contribution < -0.4 is 15.6 Å². The summed E-state index contributed by atoms with van der Waals surface area (Å²) in [5.41, 5.74) is 3.40. The van der Waals surface area contributed by atoms with Gasteiger partial charge < -0.3 is 29.0 Å². The van der Waals surface area contributed by atoms with E-state index in [9.17, 15) is 14.7 Å². The molecule has 2 aromatic heterocycles. The van der Waals surface area contributed by atoms with Gasteiger partial charge in [0.1, 0.15) is 24.2 Å². The average Bonchev–Trinajstić information content (AvgIpc) is 3.20. The summed E-state index contributed by atoms with van der Waals surface area (Å²) < 4.78 is 15.4. The normalized spacial score (nSPS) is 15.1. The molecule has 37 heavy (non-hydrogen) atoms. The average molecular weight is 533 g/mol. The van der Waals surface area contributed by atoms with E-state index < -0.39 is 12.0 Å². The van der Waals surface area contributed by atoms with Gasteiger partial charge in [-0.3, -0.25) is 9.59 Å². The highest BCUT2D eigenvalue weighted by Gasteiger charge is 2.22. The number of pyridine rings is 1. The molecule has 0 radical (unpaired) electrons. The SMILES string of the molecule is Cc1cc(-c2nc3ccc(OCCNC(C(=O)O)C(C)C)cc3n2CC2CCOCC2)cn(C)c1=O.Cl. The predicted octanol–water partition coefficient (Wildman–Crippen LogP) is 3.64. The number of nitrogens with zero attached hydrogens (tertiary/aromatic N) is 3. The number of ether oxygens (including phenoxy) is 2. The van der Waals surface area contributed by atoms with Crippen LogP contribution in [0.15, 0.2) is 35.3 Å². The highest BCUT2D eigenvalue weighted by molar-refractivity contribution is 5.85. The number of aliphatic carboxylic acids is 1. The lowest BCUT2D eigenvalue weighted by atomic mass is 10.00. The lowest BCUT2D eigenvalue weighted by Crippen LogP contribution is -2.42. The van der Waals surface area contributed by atoms with E-state index in [1.807, 2.05) is 51.2 Å². The number of nitrogens with one attached hydrogen (secondary N) is 1. The van der Waals surface area contributed by atoms with Gasteiger partial charge in [-0.2, -0.15) is 0 Å². The fraction of sp³-hybridized carbons (Fsp3) is 0.519. The van der Waals surface area contributed by atoms with Gasteiger partial charge in [0, 0.05) is 56.7 Å². The van der Waals surface area contributed by atoms with Crippen molar-refractivity contribution in [1.29, 1.82) is 0 Å². The van der Waals surface area contributed by atoms with E-state index in [-0.39, 0.29) is 23.9 Å². The van der Waals surface area contributed by atoms with Gasteiger partial charge in [-0.05, 0) is 49.8 Å². The van der Waals surface area contributed by atoms with Crippen LogP contribution in [0.1, 0.15) is 32.3 Å². The topological polar surface area (TPSA) is 108 Å². The van der Waals surface area contributed by atoms with Crippen molar-refractivity contribution in [2.24, 2.45) is 18.9 Å². The predicted molar refractivity (Wildman–Crippen MR) is 146 cm³/mol. The molecule has 4 rings (SSSR count). The number of carboxylic acids is 1. The Kier molecular flexibility index (Phi) is 9.75. The molecule has 1 fully saturated rings. The van der Waals surface area contributed by atoms with Crippen LogP contribution >= 0.6 is 12.4 Å². The number of rotatable bonds is 10. The number of halogens is 1. The molecule has 1 aliphatic rings. The van der Waals surface area contributed by atoms with E-state index >= 15 is 0 Å². The van der Waals surface area contributed by atoms with Gasteiger partial charge in [-0.25, -0.2) is 4.98 Å². The molecular formula is C27H37ClN4O5. The van der Waals surface area contributed by atoms with Gasteiger partial charge in [-0.15, -0.1) is 12.4 Å². The molecule has 1 unspecified atom stereocenters. The second-order valence-corrected chi connectivity index (χ2v) is 9.94. The zero-order valence-corrected chi connectivity index (χ0v) is 22.7. The van der Waals surface area contributed by atoms with Crippen LogP contribution in [0.2, 0.25) is 0 Å². The van der Waals surface area contributed by atoms with Crippen molar-refractivity contribution in [3.8, 4) is 17.1 Å². The molecule has 0 saturated carbocycles. The van der Waals surface area contributed by atoms with Gasteiger partial charge in [0.05, 0.1) is 11.0 Å². The van der Waals surface area contributed by atoms with Crippen molar-refractivity contribution in [2.45, 2.75) is 46.2 Å². The molecule has 0 bridgehead atoms. The first-order chi connectivity index (χ1) is 17.2. The zero-order valence-electron chi connectivity index (χ0n) is 21.9. The minimum absolute atomic E-state index is 0. The number of hydrogen-bond donors (Lipinski definition) is 2. The third kappa shape index (κ3) is 6.71. The van der Waals surface area contributed by atoms with Crippen molar-refractivity contribution >= 4 is 29.4 Å². The monoisotopic (exact) mass is 532 g/mol. The van der Waals surface area contributed by atoms with Crippen LogP contribution in [-0.4, -0.2) is 57.6 Å². The molecular weight excluding hydrogens is 496 g/mol. The quantitative estimate of drug-likeness (QED) is 0.384. The summed E-state index contributed by atoms with van der Waals surface area (Å²) in [6.07, 6.45) is 3.83. The van der Waals surface area contributed by atoms with Crippen molar-refractivity contribution in [1.82, 2.24) is 19.4 Å². The van der Waals surface area contributed by atoms with E-state index in [2.05, 4.69) is 9.88 Å². The second kappa shape index (κ2) is 12.6. The first kappa shape index (κ1) is 28.7. The van der Waals surface area contributed by atoms with E-state index in [4.69, 9.17) is 14.5 Å². The summed E-state index contributed by atoms with van der Waals surface area (Å²) in [6.45, 7) is 8.69. The molecule has 9 nitrogen and oxygen atoms in total. The Labute approximate surface area is 223 Å². The fourth-order valence-electron chi connectivity index (χ4n) is 4.78. The van der Waals surface area contributed by atoms with Crippen LogP contribution in [0.5, 0.6) is 5.75 Å². The van der Waals surface area contributed by atoms with Crippen molar-refractivity contribution in [2.75, 3.05) is 26.4 Å². The maximum Gasteiger partial charge on any atom is 0.320 e. The third-order valence-corrected chi connectivity index (χ3v) is 6.79. The van der Waals surface area contributed by atoms with Crippen molar-refractivity contribution < 1.29 is 19.4 Å². The Morgan fingerprint density at radius 3 is 2.65 bits per heavy atom. The smallest absolute Gasteiger partial charge is 0.320 e. The Hall–Kier alpha value is -2.88. The van der Waals surface area contributed by atoms with Crippen LogP contribution in [0.3, 0.4) is 0 Å². The van der Waals surface area contributed by atoms with Gasteiger partial charge in [0.25, 0.3) is 5.56 Å². The summed E-state index contributed by atoms with van der Waals surface area (Å²) in [4.78, 5) is 28.6. The molecule has 1 aliphatic heterocycles. The summed E-state index contributed by atoms with van der Waals surface area (Å²) >= 11 is 0. The maximum absolute atomic E-state index is 12.3. The number of hydrogen-bond acceptors (Lipinski definition) is 6. The molecule has 1 aromatic carbocycles. The number of aromatic nitrogens is 3. The Morgan fingerprint density at radius 2 is 2.00 bits per heavy atom. The molecule has 3 heterocycles. The van der Waals surface area contributed by atoms with Crippen LogP contribution in [-0.2, 0) is 23.1 Å². The minimum Gasteiger partial charge on any atom is -0.492 e. The molecule has 3 aromatic rings. The molecule has 0 amide bonds. The van der Waals surface area contributed by atoms with Gasteiger partial charge in [0.15, 0.2) is 0 Å².